The second-order valence-electron chi connectivity index (χ2n) is 6.94. The van der Waals surface area contributed by atoms with Crippen LogP contribution in [0.4, 0.5) is 0 Å². The van der Waals surface area contributed by atoms with E-state index in [4.69, 9.17) is 4.74 Å². The first-order valence-electron chi connectivity index (χ1n) is 8.20. The molecule has 0 amide bonds. The summed E-state index contributed by atoms with van der Waals surface area (Å²) in [5, 5.41) is 0. The van der Waals surface area contributed by atoms with Crippen LogP contribution in [0.25, 0.3) is 5.57 Å². The highest BCUT2D eigenvalue weighted by atomic mass is 32.2. The molecule has 0 spiro atoms. The summed E-state index contributed by atoms with van der Waals surface area (Å²) in [6.07, 6.45) is 5.11. The fourth-order valence-electron chi connectivity index (χ4n) is 4.54. The Hall–Kier alpha value is -1.22. The van der Waals surface area contributed by atoms with Crippen molar-refractivity contribution in [3.8, 4) is 5.75 Å². The molecule has 3 heteroatoms. The predicted octanol–water partition coefficient (Wildman–Crippen LogP) is 4.72. The highest BCUT2D eigenvalue weighted by molar-refractivity contribution is 7.99. The van der Waals surface area contributed by atoms with Crippen LogP contribution in [0, 0.1) is 11.3 Å². The molecule has 0 radical (unpaired) electrons. The third-order valence-corrected chi connectivity index (χ3v) is 7.01. The molecule has 1 saturated carbocycles. The molecule has 2 nitrogen and oxygen atoms in total. The van der Waals surface area contributed by atoms with Gasteiger partial charge in [-0.3, -0.25) is 4.79 Å². The van der Waals surface area contributed by atoms with Gasteiger partial charge in [0.25, 0.3) is 0 Å². The molecule has 0 N–H and O–H groups in total. The Morgan fingerprint density at radius 1 is 1.32 bits per heavy atom. The van der Waals surface area contributed by atoms with E-state index in [-0.39, 0.29) is 5.41 Å². The number of thioether (sulfide) groups is 1. The summed E-state index contributed by atoms with van der Waals surface area (Å²) in [5.41, 5.74) is 4.37. The Morgan fingerprint density at radius 3 is 3.00 bits per heavy atom. The number of benzene rings is 1. The van der Waals surface area contributed by atoms with E-state index in [1.807, 2.05) is 11.8 Å². The minimum atomic E-state index is -0.0956. The molecular formula is C19H22O2S. The molecule has 0 saturated heterocycles. The van der Waals surface area contributed by atoms with Crippen LogP contribution >= 0.6 is 11.8 Å². The summed E-state index contributed by atoms with van der Waals surface area (Å²) in [5.74, 6) is 2.95. The fraction of sp³-hybridized carbons (Fsp3) is 0.526. The standard InChI is InChI=1S/C19H22O2S/c1-19-9-8-13-14-7-6-12(21-2)10-17(14)22-11-15(13)16(19)4-3-5-18(19)20/h6-7,10,16H,3-5,8-9,11H2,1-2H3/t16-,19-/m0/s1. The van der Waals surface area contributed by atoms with Gasteiger partial charge >= 0.3 is 0 Å². The summed E-state index contributed by atoms with van der Waals surface area (Å²) in [4.78, 5) is 13.8. The number of hydrogen-bond donors (Lipinski definition) is 0. The number of hydrogen-bond acceptors (Lipinski definition) is 3. The van der Waals surface area contributed by atoms with Gasteiger partial charge < -0.3 is 4.74 Å². The molecule has 116 valence electrons. The van der Waals surface area contributed by atoms with E-state index in [9.17, 15) is 4.79 Å². The van der Waals surface area contributed by atoms with Crippen LogP contribution in [0.1, 0.15) is 44.6 Å². The molecular weight excluding hydrogens is 292 g/mol. The summed E-state index contributed by atoms with van der Waals surface area (Å²) in [6.45, 7) is 2.22. The van der Waals surface area contributed by atoms with Gasteiger partial charge in [0.05, 0.1) is 7.11 Å². The molecule has 1 aliphatic heterocycles. The minimum absolute atomic E-state index is 0.0956. The number of carbonyl (C=O) groups is 1. The topological polar surface area (TPSA) is 26.3 Å². The molecule has 2 aliphatic carbocycles. The van der Waals surface area contributed by atoms with E-state index in [2.05, 4.69) is 25.1 Å². The summed E-state index contributed by atoms with van der Waals surface area (Å²) >= 11 is 1.91. The number of carbonyl (C=O) groups excluding carboxylic acids is 1. The first kappa shape index (κ1) is 14.4. The second kappa shape index (κ2) is 5.16. The number of allylic oxidation sites excluding steroid dienone is 1. The average Bonchev–Trinajstić information content (AvgIpc) is 2.55. The number of ether oxygens (including phenoxy) is 1. The van der Waals surface area contributed by atoms with Gasteiger partial charge in [-0.2, -0.15) is 0 Å². The van der Waals surface area contributed by atoms with E-state index < -0.39 is 0 Å². The zero-order valence-electron chi connectivity index (χ0n) is 13.3. The van der Waals surface area contributed by atoms with Crippen molar-refractivity contribution in [2.75, 3.05) is 12.9 Å². The van der Waals surface area contributed by atoms with Crippen LogP contribution in [0.3, 0.4) is 0 Å². The minimum Gasteiger partial charge on any atom is -0.497 e. The van der Waals surface area contributed by atoms with Crippen molar-refractivity contribution in [3.05, 3.63) is 29.3 Å². The molecule has 1 heterocycles. The van der Waals surface area contributed by atoms with Crippen LogP contribution < -0.4 is 4.74 Å². The van der Waals surface area contributed by atoms with E-state index in [0.29, 0.717) is 11.7 Å². The smallest absolute Gasteiger partial charge is 0.139 e. The maximum atomic E-state index is 12.5. The average molecular weight is 314 g/mol. The second-order valence-corrected chi connectivity index (χ2v) is 7.96. The van der Waals surface area contributed by atoms with Gasteiger partial charge in [-0.15, -0.1) is 11.8 Å². The van der Waals surface area contributed by atoms with Crippen molar-refractivity contribution in [2.45, 2.75) is 43.9 Å². The van der Waals surface area contributed by atoms with E-state index >= 15 is 0 Å². The number of Topliss-reactive ketones (excluding diaryl/α,β-unsaturated/α-hetero) is 1. The largest absolute Gasteiger partial charge is 0.497 e. The zero-order chi connectivity index (χ0) is 15.3. The summed E-state index contributed by atoms with van der Waals surface area (Å²) in [6, 6.07) is 6.43. The van der Waals surface area contributed by atoms with Crippen molar-refractivity contribution < 1.29 is 9.53 Å². The van der Waals surface area contributed by atoms with Crippen LogP contribution in [-0.2, 0) is 4.79 Å². The van der Waals surface area contributed by atoms with Crippen molar-refractivity contribution in [1.82, 2.24) is 0 Å². The third kappa shape index (κ3) is 1.98. The normalized spacial score (nSPS) is 30.5. The highest BCUT2D eigenvalue weighted by Crippen LogP contribution is 2.56. The summed E-state index contributed by atoms with van der Waals surface area (Å²) in [7, 11) is 1.72. The molecule has 3 aliphatic rings. The Kier molecular flexibility index (Phi) is 3.37. The first-order chi connectivity index (χ1) is 10.6. The van der Waals surface area contributed by atoms with Crippen LogP contribution in [-0.4, -0.2) is 18.6 Å². The quantitative estimate of drug-likeness (QED) is 0.750. The molecule has 1 fully saturated rings. The van der Waals surface area contributed by atoms with E-state index in [0.717, 1.165) is 37.2 Å². The molecule has 1 aromatic rings. The maximum Gasteiger partial charge on any atom is 0.139 e. The zero-order valence-corrected chi connectivity index (χ0v) is 14.1. The first-order valence-corrected chi connectivity index (χ1v) is 9.18. The number of rotatable bonds is 1. The van der Waals surface area contributed by atoms with Gasteiger partial charge in [0.1, 0.15) is 11.5 Å². The lowest BCUT2D eigenvalue weighted by molar-refractivity contribution is -0.133. The Balaban J connectivity index is 1.80. The third-order valence-electron chi connectivity index (χ3n) is 5.90. The molecule has 0 aromatic heterocycles. The monoisotopic (exact) mass is 314 g/mol. The van der Waals surface area contributed by atoms with Crippen molar-refractivity contribution in [1.29, 1.82) is 0 Å². The van der Waals surface area contributed by atoms with Gasteiger partial charge in [0.2, 0.25) is 0 Å². The lowest BCUT2D eigenvalue weighted by Gasteiger charge is -2.47. The lowest BCUT2D eigenvalue weighted by atomic mass is 9.58. The van der Waals surface area contributed by atoms with Gasteiger partial charge in [0.15, 0.2) is 0 Å². The van der Waals surface area contributed by atoms with Crippen LogP contribution in [0.15, 0.2) is 28.7 Å². The predicted molar refractivity (Wildman–Crippen MR) is 90.3 cm³/mol. The molecule has 0 unspecified atom stereocenters. The molecule has 0 bridgehead atoms. The molecule has 22 heavy (non-hydrogen) atoms. The highest BCUT2D eigenvalue weighted by Gasteiger charge is 2.48. The van der Waals surface area contributed by atoms with Gasteiger partial charge in [-0.1, -0.05) is 12.5 Å². The van der Waals surface area contributed by atoms with Crippen molar-refractivity contribution in [2.24, 2.45) is 11.3 Å². The van der Waals surface area contributed by atoms with E-state index in [1.165, 1.54) is 22.5 Å². The number of ketones is 1. The van der Waals surface area contributed by atoms with Crippen LogP contribution in [0.5, 0.6) is 5.75 Å². The maximum absolute atomic E-state index is 12.5. The van der Waals surface area contributed by atoms with Gasteiger partial charge in [0, 0.05) is 22.5 Å². The van der Waals surface area contributed by atoms with Crippen LogP contribution in [0.2, 0.25) is 0 Å². The number of fused-ring (bicyclic) bond motifs is 4. The Labute approximate surface area is 136 Å². The summed E-state index contributed by atoms with van der Waals surface area (Å²) < 4.78 is 5.36. The molecule has 4 rings (SSSR count). The number of methoxy groups -OCH3 is 1. The van der Waals surface area contributed by atoms with Gasteiger partial charge in [-0.25, -0.2) is 0 Å². The molecule has 2 atom stereocenters. The van der Waals surface area contributed by atoms with Crippen molar-refractivity contribution >= 4 is 23.1 Å². The van der Waals surface area contributed by atoms with E-state index in [1.54, 1.807) is 12.7 Å². The Morgan fingerprint density at radius 2 is 2.18 bits per heavy atom. The lowest BCUT2D eigenvalue weighted by Crippen LogP contribution is -2.43. The molecule has 1 aromatic carbocycles. The fourth-order valence-corrected chi connectivity index (χ4v) is 5.78. The SMILES string of the molecule is COc1ccc2c(c1)SCC1=C2CC[C@]2(C)C(=O)CCC[C@@H]12. The Bertz CT molecular complexity index is 676. The van der Waals surface area contributed by atoms with Gasteiger partial charge in [-0.05, 0) is 60.9 Å². The van der Waals surface area contributed by atoms with Crippen molar-refractivity contribution in [3.63, 3.8) is 0 Å².